The lowest BCUT2D eigenvalue weighted by molar-refractivity contribution is 0.103. The summed E-state index contributed by atoms with van der Waals surface area (Å²) in [5.41, 5.74) is 0.377. The van der Waals surface area contributed by atoms with Gasteiger partial charge in [0.25, 0.3) is 0 Å². The fraction of sp³-hybridized carbons (Fsp3) is 0.571. The van der Waals surface area contributed by atoms with Gasteiger partial charge in [-0.1, -0.05) is 46.9 Å². The van der Waals surface area contributed by atoms with E-state index >= 15 is 0 Å². The van der Waals surface area contributed by atoms with Gasteiger partial charge in [0.05, 0.1) is 12.2 Å². The third-order valence-corrected chi connectivity index (χ3v) is 4.82. The number of aliphatic hydroxyl groups is 1. The molecule has 1 aromatic rings. The molecule has 0 saturated heterocycles. The minimum Gasteiger partial charge on any atom is -0.404 e. The fourth-order valence-electron chi connectivity index (χ4n) is 1.61. The summed E-state index contributed by atoms with van der Waals surface area (Å²) in [6.45, 7) is 6.89. The number of phosphoric acid groups is 1. The Morgan fingerprint density at radius 3 is 1.78 bits per heavy atom. The third kappa shape index (κ3) is 7.18. The molecule has 1 aromatic carbocycles. The minimum absolute atomic E-state index is 0.245. The van der Waals surface area contributed by atoms with Crippen molar-refractivity contribution in [2.75, 3.05) is 0 Å². The first-order valence-corrected chi connectivity index (χ1v) is 9.53. The van der Waals surface area contributed by atoms with Crippen LogP contribution in [0, 0.1) is 0 Å². The van der Waals surface area contributed by atoms with Gasteiger partial charge < -0.3 is 9.63 Å². The highest BCUT2D eigenvalue weighted by molar-refractivity contribution is 7.49. The molecule has 0 bridgehead atoms. The summed E-state index contributed by atoms with van der Waals surface area (Å²) < 4.78 is 26.7. The summed E-state index contributed by atoms with van der Waals surface area (Å²) >= 11 is 16.9. The molecule has 0 unspecified atom stereocenters. The number of hydrogen-bond donors (Lipinski definition) is 1. The summed E-state index contributed by atoms with van der Waals surface area (Å²) in [5, 5.41) is 9.88. The molecule has 132 valence electrons. The van der Waals surface area contributed by atoms with Crippen molar-refractivity contribution in [3.63, 3.8) is 0 Å². The maximum atomic E-state index is 12.6. The van der Waals surface area contributed by atoms with Gasteiger partial charge in [-0.25, -0.2) is 4.57 Å². The van der Waals surface area contributed by atoms with E-state index in [1.807, 2.05) is 0 Å². The standard InChI is InChI=1S/C14H20Cl3O5P/c1-9(2)20-23(19,21-10(3)4)22-12-7-5-11(6-8-12)13(18)14(15,16)17/h5-10,13,18H,1-4H3/t13-/m0/s1. The van der Waals surface area contributed by atoms with E-state index in [0.717, 1.165) is 0 Å². The van der Waals surface area contributed by atoms with Gasteiger partial charge in [-0.2, -0.15) is 0 Å². The lowest BCUT2D eigenvalue weighted by Crippen LogP contribution is -2.16. The van der Waals surface area contributed by atoms with Crippen molar-refractivity contribution in [3.05, 3.63) is 29.8 Å². The second-order valence-electron chi connectivity index (χ2n) is 5.36. The number of hydrogen-bond acceptors (Lipinski definition) is 5. The van der Waals surface area contributed by atoms with E-state index in [4.69, 9.17) is 48.4 Å². The van der Waals surface area contributed by atoms with E-state index in [1.54, 1.807) is 27.7 Å². The Morgan fingerprint density at radius 2 is 1.43 bits per heavy atom. The number of alkyl halides is 3. The number of phosphoric ester groups is 1. The number of rotatable bonds is 7. The van der Waals surface area contributed by atoms with Crippen LogP contribution in [-0.4, -0.2) is 21.1 Å². The van der Waals surface area contributed by atoms with Crippen LogP contribution in [0.25, 0.3) is 0 Å². The van der Waals surface area contributed by atoms with E-state index in [2.05, 4.69) is 0 Å². The normalized spacial score (nSPS) is 14.3. The predicted octanol–water partition coefficient (Wildman–Crippen LogP) is 5.43. The molecule has 5 nitrogen and oxygen atoms in total. The highest BCUT2D eigenvalue weighted by Crippen LogP contribution is 2.51. The van der Waals surface area contributed by atoms with Gasteiger partial charge in [0.15, 0.2) is 0 Å². The first kappa shape index (κ1) is 21.0. The Morgan fingerprint density at radius 1 is 1.00 bits per heavy atom. The number of aliphatic hydroxyl groups excluding tert-OH is 1. The molecule has 0 saturated carbocycles. The van der Waals surface area contributed by atoms with Crippen molar-refractivity contribution in [2.45, 2.75) is 49.8 Å². The monoisotopic (exact) mass is 404 g/mol. The smallest absolute Gasteiger partial charge is 0.404 e. The number of benzene rings is 1. The first-order valence-electron chi connectivity index (χ1n) is 6.94. The van der Waals surface area contributed by atoms with Crippen LogP contribution in [0.5, 0.6) is 5.75 Å². The van der Waals surface area contributed by atoms with Crippen LogP contribution in [0.3, 0.4) is 0 Å². The van der Waals surface area contributed by atoms with Crippen LogP contribution in [0.1, 0.15) is 39.4 Å². The Kier molecular flexibility index (Phi) is 7.68. The average molecular weight is 406 g/mol. The Balaban J connectivity index is 2.92. The molecule has 0 aliphatic heterocycles. The first-order chi connectivity index (χ1) is 10.4. The van der Waals surface area contributed by atoms with E-state index in [0.29, 0.717) is 5.56 Å². The second kappa shape index (κ2) is 8.39. The van der Waals surface area contributed by atoms with E-state index in [9.17, 15) is 9.67 Å². The van der Waals surface area contributed by atoms with Gasteiger partial charge in [0, 0.05) is 0 Å². The van der Waals surface area contributed by atoms with Crippen molar-refractivity contribution in [1.29, 1.82) is 0 Å². The molecule has 9 heteroatoms. The lowest BCUT2D eigenvalue weighted by Gasteiger charge is -2.23. The molecule has 0 aromatic heterocycles. The number of halogens is 3. The molecule has 0 fully saturated rings. The fourth-order valence-corrected chi connectivity index (χ4v) is 3.54. The van der Waals surface area contributed by atoms with Crippen LogP contribution in [0.2, 0.25) is 0 Å². The summed E-state index contributed by atoms with van der Waals surface area (Å²) in [7, 11) is -3.77. The maximum absolute atomic E-state index is 12.6. The molecule has 1 N–H and O–H groups in total. The molecule has 1 atom stereocenters. The third-order valence-electron chi connectivity index (χ3n) is 2.40. The van der Waals surface area contributed by atoms with Gasteiger partial charge in [0.2, 0.25) is 3.79 Å². The van der Waals surface area contributed by atoms with Gasteiger partial charge in [-0.3, -0.25) is 9.05 Å². The van der Waals surface area contributed by atoms with Gasteiger partial charge in [-0.15, -0.1) is 0 Å². The van der Waals surface area contributed by atoms with Crippen molar-refractivity contribution in [3.8, 4) is 5.75 Å². The zero-order valence-corrected chi connectivity index (χ0v) is 16.4. The van der Waals surface area contributed by atoms with Crippen molar-refractivity contribution < 1.29 is 23.2 Å². The van der Waals surface area contributed by atoms with E-state index in [-0.39, 0.29) is 18.0 Å². The van der Waals surface area contributed by atoms with Crippen LogP contribution in [0.15, 0.2) is 24.3 Å². The molecule has 0 amide bonds. The predicted molar refractivity (Wildman–Crippen MR) is 92.4 cm³/mol. The van der Waals surface area contributed by atoms with Crippen molar-refractivity contribution in [1.82, 2.24) is 0 Å². The highest BCUT2D eigenvalue weighted by Gasteiger charge is 2.33. The molecule has 23 heavy (non-hydrogen) atoms. The molecule has 1 rings (SSSR count). The Labute approximate surface area is 151 Å². The Hall–Kier alpha value is -0.000000000000000132. The lowest BCUT2D eigenvalue weighted by atomic mass is 10.1. The van der Waals surface area contributed by atoms with E-state index in [1.165, 1.54) is 24.3 Å². The average Bonchev–Trinajstić information content (AvgIpc) is 2.35. The summed E-state index contributed by atoms with van der Waals surface area (Å²) in [4.78, 5) is 0. The van der Waals surface area contributed by atoms with Crippen LogP contribution in [0.4, 0.5) is 0 Å². The van der Waals surface area contributed by atoms with Crippen molar-refractivity contribution in [2.24, 2.45) is 0 Å². The quantitative estimate of drug-likeness (QED) is 0.484. The summed E-state index contributed by atoms with van der Waals surface area (Å²) in [6, 6.07) is 5.96. The van der Waals surface area contributed by atoms with E-state index < -0.39 is 17.7 Å². The summed E-state index contributed by atoms with van der Waals surface area (Å²) in [5.74, 6) is 0.245. The van der Waals surface area contributed by atoms with Crippen LogP contribution in [-0.2, 0) is 13.6 Å². The molecular weight excluding hydrogens is 385 g/mol. The topological polar surface area (TPSA) is 65.0 Å². The SMILES string of the molecule is CC(C)OP(=O)(Oc1ccc([C@H](O)C(Cl)(Cl)Cl)cc1)OC(C)C. The highest BCUT2D eigenvalue weighted by atomic mass is 35.6. The van der Waals surface area contributed by atoms with Gasteiger partial charge >= 0.3 is 7.82 Å². The molecule has 0 radical (unpaired) electrons. The van der Waals surface area contributed by atoms with Gasteiger partial charge in [0.1, 0.15) is 11.9 Å². The molecule has 0 aliphatic rings. The molecule has 0 heterocycles. The second-order valence-corrected chi connectivity index (χ2v) is 9.23. The molecule has 0 aliphatic carbocycles. The van der Waals surface area contributed by atoms with Crippen LogP contribution >= 0.6 is 42.6 Å². The zero-order valence-electron chi connectivity index (χ0n) is 13.2. The summed E-state index contributed by atoms with van der Waals surface area (Å²) in [6.07, 6.45) is -1.98. The largest absolute Gasteiger partial charge is 0.530 e. The molecular formula is C14H20Cl3O5P. The van der Waals surface area contributed by atoms with Crippen molar-refractivity contribution >= 4 is 42.6 Å². The zero-order chi connectivity index (χ0) is 17.8. The van der Waals surface area contributed by atoms with Gasteiger partial charge in [-0.05, 0) is 45.4 Å². The Bertz CT molecular complexity index is 528. The van der Waals surface area contributed by atoms with Crippen LogP contribution < -0.4 is 4.52 Å². The maximum Gasteiger partial charge on any atom is 0.530 e. The molecule has 0 spiro atoms. The minimum atomic E-state index is -3.77.